The standard InChI is InChI=1S/C26H27N3O5S/c1-4-6-14-34-19-13-12-18(15-20(19)33-5-2)22-21(23(30)17-10-8-7-9-11-17)24(31)25(32)29(22)26-28-27-16(3)35-26/h7-13,15,22,30H,4-6,14H2,1-3H3. The normalized spacial score (nSPS) is 17.1. The molecule has 1 atom stereocenters. The van der Waals surface area contributed by atoms with Crippen LogP contribution in [-0.2, 0) is 9.59 Å². The van der Waals surface area contributed by atoms with Gasteiger partial charge in [-0.15, -0.1) is 10.2 Å². The monoisotopic (exact) mass is 493 g/mol. The van der Waals surface area contributed by atoms with E-state index in [1.165, 1.54) is 16.2 Å². The van der Waals surface area contributed by atoms with Gasteiger partial charge in [0, 0.05) is 5.56 Å². The van der Waals surface area contributed by atoms with E-state index in [4.69, 9.17) is 9.47 Å². The number of Topliss-reactive ketones (excluding diaryl/α,β-unsaturated/α-hetero) is 1. The minimum atomic E-state index is -0.911. The number of carbonyl (C=O) groups excluding carboxylic acids is 2. The fourth-order valence-electron chi connectivity index (χ4n) is 3.89. The van der Waals surface area contributed by atoms with Crippen molar-refractivity contribution in [2.24, 2.45) is 0 Å². The molecule has 1 unspecified atom stereocenters. The Morgan fingerprint density at radius 2 is 1.83 bits per heavy atom. The first kappa shape index (κ1) is 24.4. The smallest absolute Gasteiger partial charge is 0.301 e. The predicted molar refractivity (Wildman–Crippen MR) is 134 cm³/mol. The first-order chi connectivity index (χ1) is 17.0. The lowest BCUT2D eigenvalue weighted by Gasteiger charge is -2.23. The average Bonchev–Trinajstić information content (AvgIpc) is 3.40. The number of amides is 1. The van der Waals surface area contributed by atoms with Crippen molar-refractivity contribution >= 4 is 33.9 Å². The molecule has 1 saturated heterocycles. The second-order valence-electron chi connectivity index (χ2n) is 7.98. The molecule has 9 heteroatoms. The number of aliphatic hydroxyl groups excluding tert-OH is 1. The minimum absolute atomic E-state index is 0.0175. The molecule has 35 heavy (non-hydrogen) atoms. The van der Waals surface area contributed by atoms with Gasteiger partial charge in [-0.05, 0) is 38.0 Å². The Kier molecular flexibility index (Phi) is 7.45. The van der Waals surface area contributed by atoms with Crippen LogP contribution in [0.4, 0.5) is 5.13 Å². The lowest BCUT2D eigenvalue weighted by molar-refractivity contribution is -0.132. The summed E-state index contributed by atoms with van der Waals surface area (Å²) >= 11 is 1.20. The second-order valence-corrected chi connectivity index (χ2v) is 9.14. The van der Waals surface area contributed by atoms with Gasteiger partial charge >= 0.3 is 5.91 Å². The molecular formula is C26H27N3O5S. The molecule has 1 aromatic heterocycles. The van der Waals surface area contributed by atoms with Crippen LogP contribution in [0.5, 0.6) is 11.5 Å². The van der Waals surface area contributed by atoms with E-state index in [2.05, 4.69) is 17.1 Å². The van der Waals surface area contributed by atoms with E-state index in [1.54, 1.807) is 49.4 Å². The van der Waals surface area contributed by atoms with E-state index in [0.29, 0.717) is 40.8 Å². The van der Waals surface area contributed by atoms with Crippen molar-refractivity contribution < 1.29 is 24.2 Å². The quantitative estimate of drug-likeness (QED) is 0.193. The number of ketones is 1. The van der Waals surface area contributed by atoms with Crippen LogP contribution < -0.4 is 14.4 Å². The zero-order valence-corrected chi connectivity index (χ0v) is 20.7. The number of benzene rings is 2. The first-order valence-electron chi connectivity index (χ1n) is 11.5. The minimum Gasteiger partial charge on any atom is -0.507 e. The van der Waals surface area contributed by atoms with Crippen molar-refractivity contribution in [1.82, 2.24) is 10.2 Å². The van der Waals surface area contributed by atoms with Gasteiger partial charge in [0.2, 0.25) is 5.13 Å². The molecule has 0 aliphatic carbocycles. The number of aromatic nitrogens is 2. The maximum atomic E-state index is 13.2. The molecule has 0 saturated carbocycles. The summed E-state index contributed by atoms with van der Waals surface area (Å²) in [6.45, 7) is 6.68. The van der Waals surface area contributed by atoms with Crippen LogP contribution in [-0.4, -0.2) is 40.2 Å². The number of hydrogen-bond donors (Lipinski definition) is 1. The number of unbranched alkanes of at least 4 members (excludes halogenated alkanes) is 1. The first-order valence-corrected chi connectivity index (χ1v) is 12.3. The van der Waals surface area contributed by atoms with Crippen LogP contribution in [0.3, 0.4) is 0 Å². The van der Waals surface area contributed by atoms with E-state index in [0.717, 1.165) is 12.8 Å². The van der Waals surface area contributed by atoms with Crippen LogP contribution in [0.25, 0.3) is 5.76 Å². The van der Waals surface area contributed by atoms with E-state index >= 15 is 0 Å². The third-order valence-corrected chi connectivity index (χ3v) is 6.39. The van der Waals surface area contributed by atoms with E-state index < -0.39 is 17.7 Å². The van der Waals surface area contributed by atoms with Crippen LogP contribution >= 0.6 is 11.3 Å². The van der Waals surface area contributed by atoms with E-state index in [1.807, 2.05) is 13.0 Å². The Balaban J connectivity index is 1.87. The number of rotatable bonds is 9. The van der Waals surface area contributed by atoms with Crippen molar-refractivity contribution in [3.05, 3.63) is 70.2 Å². The van der Waals surface area contributed by atoms with Gasteiger partial charge in [-0.1, -0.05) is 61.1 Å². The van der Waals surface area contributed by atoms with Crippen molar-refractivity contribution in [2.75, 3.05) is 18.1 Å². The summed E-state index contributed by atoms with van der Waals surface area (Å²) in [5.41, 5.74) is 1.01. The number of aliphatic hydroxyl groups is 1. The molecule has 1 fully saturated rings. The Bertz CT molecular complexity index is 1250. The van der Waals surface area contributed by atoms with Gasteiger partial charge in [0.25, 0.3) is 5.78 Å². The highest BCUT2D eigenvalue weighted by molar-refractivity contribution is 7.15. The van der Waals surface area contributed by atoms with Gasteiger partial charge in [0.1, 0.15) is 10.8 Å². The van der Waals surface area contributed by atoms with Crippen LogP contribution in [0, 0.1) is 6.92 Å². The van der Waals surface area contributed by atoms with Crippen LogP contribution in [0.1, 0.15) is 48.9 Å². The molecule has 1 amide bonds. The molecule has 0 radical (unpaired) electrons. The lowest BCUT2D eigenvalue weighted by Crippen LogP contribution is -2.29. The van der Waals surface area contributed by atoms with E-state index in [9.17, 15) is 14.7 Å². The Morgan fingerprint density at radius 3 is 2.49 bits per heavy atom. The Hall–Kier alpha value is -3.72. The number of anilines is 1. The highest BCUT2D eigenvalue weighted by Gasteiger charge is 2.48. The zero-order valence-electron chi connectivity index (χ0n) is 19.9. The molecule has 2 heterocycles. The van der Waals surface area contributed by atoms with Gasteiger partial charge in [-0.2, -0.15) is 0 Å². The maximum Gasteiger partial charge on any atom is 0.301 e. The average molecular weight is 494 g/mol. The highest BCUT2D eigenvalue weighted by atomic mass is 32.1. The van der Waals surface area contributed by atoms with Crippen molar-refractivity contribution in [2.45, 2.75) is 39.7 Å². The largest absolute Gasteiger partial charge is 0.507 e. The van der Waals surface area contributed by atoms with Crippen molar-refractivity contribution in [1.29, 1.82) is 0 Å². The summed E-state index contributed by atoms with van der Waals surface area (Å²) in [7, 11) is 0. The summed E-state index contributed by atoms with van der Waals surface area (Å²) in [6, 6.07) is 13.1. The second kappa shape index (κ2) is 10.7. The van der Waals surface area contributed by atoms with Gasteiger partial charge < -0.3 is 14.6 Å². The molecule has 1 aliphatic heterocycles. The molecular weight excluding hydrogens is 466 g/mol. The third-order valence-electron chi connectivity index (χ3n) is 5.55. The van der Waals surface area contributed by atoms with Crippen LogP contribution in [0.15, 0.2) is 54.1 Å². The fraction of sp³-hybridized carbons (Fsp3) is 0.308. The summed E-state index contributed by atoms with van der Waals surface area (Å²) in [5, 5.41) is 20.2. The molecule has 0 spiro atoms. The summed E-state index contributed by atoms with van der Waals surface area (Å²) in [4.78, 5) is 27.7. The zero-order chi connectivity index (χ0) is 24.9. The van der Waals surface area contributed by atoms with Crippen molar-refractivity contribution in [3.8, 4) is 11.5 Å². The number of ether oxygens (including phenoxy) is 2. The number of aryl methyl sites for hydroxylation is 1. The number of carbonyl (C=O) groups is 2. The van der Waals surface area contributed by atoms with Gasteiger partial charge in [-0.3, -0.25) is 14.5 Å². The number of nitrogens with zero attached hydrogens (tertiary/aromatic N) is 3. The topological polar surface area (TPSA) is 102 Å². The highest BCUT2D eigenvalue weighted by Crippen LogP contribution is 2.44. The molecule has 2 aromatic carbocycles. The molecule has 1 N–H and O–H groups in total. The Morgan fingerprint density at radius 1 is 1.06 bits per heavy atom. The maximum absolute atomic E-state index is 13.2. The Labute approximate surface area is 207 Å². The third kappa shape index (κ3) is 4.90. The SMILES string of the molecule is CCCCOc1ccc(C2C(=C(O)c3ccccc3)C(=O)C(=O)N2c2nnc(C)s2)cc1OCC. The molecule has 182 valence electrons. The van der Waals surface area contributed by atoms with Crippen LogP contribution in [0.2, 0.25) is 0 Å². The lowest BCUT2D eigenvalue weighted by atomic mass is 9.95. The molecule has 8 nitrogen and oxygen atoms in total. The molecule has 1 aliphatic rings. The summed E-state index contributed by atoms with van der Waals surface area (Å²) in [5.74, 6) is -0.732. The van der Waals surface area contributed by atoms with Gasteiger partial charge in [-0.25, -0.2) is 0 Å². The van der Waals surface area contributed by atoms with E-state index in [-0.39, 0.29) is 16.5 Å². The number of hydrogen-bond acceptors (Lipinski definition) is 8. The molecule has 3 aromatic rings. The summed E-state index contributed by atoms with van der Waals surface area (Å²) in [6.07, 6.45) is 1.90. The molecule has 4 rings (SSSR count). The van der Waals surface area contributed by atoms with Crippen molar-refractivity contribution in [3.63, 3.8) is 0 Å². The van der Waals surface area contributed by atoms with Gasteiger partial charge in [0.15, 0.2) is 11.5 Å². The predicted octanol–water partition coefficient (Wildman–Crippen LogP) is 5.05. The van der Waals surface area contributed by atoms with Gasteiger partial charge in [0.05, 0.1) is 24.8 Å². The molecule has 0 bridgehead atoms. The fourth-order valence-corrected chi connectivity index (χ4v) is 4.60. The summed E-state index contributed by atoms with van der Waals surface area (Å²) < 4.78 is 11.7.